The Morgan fingerprint density at radius 2 is 2.18 bits per heavy atom. The van der Waals surface area contributed by atoms with Gasteiger partial charge in [0, 0.05) is 37.4 Å². The highest BCUT2D eigenvalue weighted by Crippen LogP contribution is 2.21. The van der Waals surface area contributed by atoms with E-state index in [1.807, 2.05) is 18.5 Å². The Bertz CT molecular complexity index is 563. The number of hydrogen-bond donors (Lipinski definition) is 0. The standard InChI is InChI=1S/C18H26N4/c1-2-10-22-12-9-20-18(22)15-21-11-5-6-16(14-21)13-17-7-3-4-8-19-17/h3-4,7-9,12,16H,2,5-6,10-11,13-15H2,1H3. The van der Waals surface area contributed by atoms with Crippen LogP contribution in [0.2, 0.25) is 0 Å². The lowest BCUT2D eigenvalue weighted by molar-refractivity contribution is 0.161. The molecule has 0 saturated carbocycles. The minimum absolute atomic E-state index is 0.721. The molecule has 1 fully saturated rings. The first-order valence-electron chi connectivity index (χ1n) is 8.47. The average molecular weight is 298 g/mol. The third-order valence-electron chi connectivity index (χ3n) is 4.46. The first-order chi connectivity index (χ1) is 10.8. The van der Waals surface area contributed by atoms with Gasteiger partial charge in [0.1, 0.15) is 5.82 Å². The summed E-state index contributed by atoms with van der Waals surface area (Å²) in [5, 5.41) is 0. The summed E-state index contributed by atoms with van der Waals surface area (Å²) in [4.78, 5) is 11.6. The van der Waals surface area contributed by atoms with Crippen LogP contribution in [-0.2, 0) is 19.5 Å². The van der Waals surface area contributed by atoms with Crippen LogP contribution in [0.3, 0.4) is 0 Å². The normalized spacial score (nSPS) is 19.4. The maximum absolute atomic E-state index is 4.55. The molecule has 1 atom stereocenters. The summed E-state index contributed by atoms with van der Waals surface area (Å²) in [7, 11) is 0. The quantitative estimate of drug-likeness (QED) is 0.821. The maximum Gasteiger partial charge on any atom is 0.122 e. The lowest BCUT2D eigenvalue weighted by Gasteiger charge is -2.32. The Hall–Kier alpha value is -1.68. The van der Waals surface area contributed by atoms with Crippen LogP contribution in [0.1, 0.15) is 37.7 Å². The number of rotatable bonds is 6. The van der Waals surface area contributed by atoms with Gasteiger partial charge in [-0.05, 0) is 50.3 Å². The third-order valence-corrected chi connectivity index (χ3v) is 4.46. The van der Waals surface area contributed by atoms with Gasteiger partial charge in [-0.25, -0.2) is 4.98 Å². The molecule has 1 unspecified atom stereocenters. The van der Waals surface area contributed by atoms with E-state index < -0.39 is 0 Å². The number of pyridine rings is 1. The number of imidazole rings is 1. The molecule has 0 spiro atoms. The number of likely N-dealkylation sites (tertiary alicyclic amines) is 1. The average Bonchev–Trinajstić information content (AvgIpc) is 2.96. The summed E-state index contributed by atoms with van der Waals surface area (Å²) in [6, 6.07) is 6.22. The molecule has 0 N–H and O–H groups in total. The largest absolute Gasteiger partial charge is 0.334 e. The third kappa shape index (κ3) is 3.95. The second kappa shape index (κ2) is 7.54. The number of aromatic nitrogens is 3. The maximum atomic E-state index is 4.55. The van der Waals surface area contributed by atoms with Crippen molar-refractivity contribution in [1.82, 2.24) is 19.4 Å². The van der Waals surface area contributed by atoms with Crippen LogP contribution < -0.4 is 0 Å². The molecule has 0 radical (unpaired) electrons. The van der Waals surface area contributed by atoms with Gasteiger partial charge in [-0.1, -0.05) is 13.0 Å². The molecule has 3 rings (SSSR count). The fraction of sp³-hybridized carbons (Fsp3) is 0.556. The molecule has 118 valence electrons. The van der Waals surface area contributed by atoms with E-state index >= 15 is 0 Å². The summed E-state index contributed by atoms with van der Waals surface area (Å²) in [5.74, 6) is 1.93. The van der Waals surface area contributed by atoms with Crippen molar-refractivity contribution in [2.24, 2.45) is 5.92 Å². The minimum atomic E-state index is 0.721. The number of hydrogen-bond acceptors (Lipinski definition) is 3. The highest BCUT2D eigenvalue weighted by Gasteiger charge is 2.21. The van der Waals surface area contributed by atoms with E-state index in [1.165, 1.54) is 30.9 Å². The SMILES string of the molecule is CCCn1ccnc1CN1CCCC(Cc2ccccn2)C1. The molecule has 1 aliphatic rings. The second-order valence-corrected chi connectivity index (χ2v) is 6.31. The van der Waals surface area contributed by atoms with Crippen LogP contribution in [0.4, 0.5) is 0 Å². The van der Waals surface area contributed by atoms with E-state index in [4.69, 9.17) is 0 Å². The van der Waals surface area contributed by atoms with Gasteiger partial charge in [-0.15, -0.1) is 0 Å². The van der Waals surface area contributed by atoms with Crippen molar-refractivity contribution in [3.8, 4) is 0 Å². The molecular weight excluding hydrogens is 272 g/mol. The van der Waals surface area contributed by atoms with Crippen LogP contribution >= 0.6 is 0 Å². The Kier molecular flexibility index (Phi) is 5.22. The molecule has 0 aliphatic carbocycles. The summed E-state index contributed by atoms with van der Waals surface area (Å²) in [6.07, 6.45) is 10.8. The Labute approximate surface area is 133 Å². The van der Waals surface area contributed by atoms with Crippen molar-refractivity contribution in [2.45, 2.75) is 45.7 Å². The predicted octanol–water partition coefficient (Wildman–Crippen LogP) is 3.14. The summed E-state index contributed by atoms with van der Waals surface area (Å²) in [6.45, 7) is 6.62. The van der Waals surface area contributed by atoms with Gasteiger partial charge >= 0.3 is 0 Å². The zero-order chi connectivity index (χ0) is 15.2. The fourth-order valence-electron chi connectivity index (χ4n) is 3.41. The highest BCUT2D eigenvalue weighted by molar-refractivity contribution is 5.05. The van der Waals surface area contributed by atoms with E-state index in [2.05, 4.69) is 44.7 Å². The molecule has 3 heterocycles. The van der Waals surface area contributed by atoms with Crippen LogP contribution in [-0.4, -0.2) is 32.5 Å². The molecule has 1 saturated heterocycles. The smallest absolute Gasteiger partial charge is 0.122 e. The first kappa shape index (κ1) is 15.2. The van der Waals surface area contributed by atoms with Crippen molar-refractivity contribution in [1.29, 1.82) is 0 Å². The number of piperidine rings is 1. The van der Waals surface area contributed by atoms with Crippen molar-refractivity contribution < 1.29 is 0 Å². The lowest BCUT2D eigenvalue weighted by atomic mass is 9.93. The molecule has 1 aliphatic heterocycles. The monoisotopic (exact) mass is 298 g/mol. The molecule has 4 heteroatoms. The molecular formula is C18H26N4. The van der Waals surface area contributed by atoms with Crippen molar-refractivity contribution in [3.63, 3.8) is 0 Å². The molecule has 0 bridgehead atoms. The first-order valence-corrected chi connectivity index (χ1v) is 8.47. The van der Waals surface area contributed by atoms with Gasteiger partial charge in [0.2, 0.25) is 0 Å². The Morgan fingerprint density at radius 3 is 3.00 bits per heavy atom. The van der Waals surface area contributed by atoms with Crippen LogP contribution in [0.15, 0.2) is 36.8 Å². The van der Waals surface area contributed by atoms with E-state index in [9.17, 15) is 0 Å². The molecule has 4 nitrogen and oxygen atoms in total. The number of aryl methyl sites for hydroxylation is 1. The Morgan fingerprint density at radius 1 is 1.23 bits per heavy atom. The van der Waals surface area contributed by atoms with Gasteiger partial charge in [-0.3, -0.25) is 9.88 Å². The number of nitrogens with zero attached hydrogens (tertiary/aromatic N) is 4. The van der Waals surface area contributed by atoms with E-state index in [1.54, 1.807) is 0 Å². The van der Waals surface area contributed by atoms with Gasteiger partial charge in [-0.2, -0.15) is 0 Å². The van der Waals surface area contributed by atoms with Gasteiger partial charge < -0.3 is 4.57 Å². The van der Waals surface area contributed by atoms with Crippen LogP contribution in [0, 0.1) is 5.92 Å². The molecule has 0 amide bonds. The molecule has 2 aromatic heterocycles. The molecule has 22 heavy (non-hydrogen) atoms. The summed E-state index contributed by atoms with van der Waals surface area (Å²) >= 11 is 0. The van der Waals surface area contributed by atoms with E-state index in [-0.39, 0.29) is 0 Å². The topological polar surface area (TPSA) is 34.0 Å². The van der Waals surface area contributed by atoms with Crippen LogP contribution in [0.25, 0.3) is 0 Å². The molecule has 0 aromatic carbocycles. The Balaban J connectivity index is 1.57. The van der Waals surface area contributed by atoms with Crippen molar-refractivity contribution in [3.05, 3.63) is 48.3 Å². The predicted molar refractivity (Wildman–Crippen MR) is 88.5 cm³/mol. The van der Waals surface area contributed by atoms with Crippen molar-refractivity contribution >= 4 is 0 Å². The minimum Gasteiger partial charge on any atom is -0.334 e. The molecule has 2 aromatic rings. The zero-order valence-corrected chi connectivity index (χ0v) is 13.5. The van der Waals surface area contributed by atoms with E-state index in [0.717, 1.165) is 38.4 Å². The lowest BCUT2D eigenvalue weighted by Crippen LogP contribution is -2.36. The van der Waals surface area contributed by atoms with Gasteiger partial charge in [0.15, 0.2) is 0 Å². The fourth-order valence-corrected chi connectivity index (χ4v) is 3.41. The summed E-state index contributed by atoms with van der Waals surface area (Å²) in [5.41, 5.74) is 1.22. The van der Waals surface area contributed by atoms with Gasteiger partial charge in [0.25, 0.3) is 0 Å². The highest BCUT2D eigenvalue weighted by atomic mass is 15.2. The van der Waals surface area contributed by atoms with Crippen LogP contribution in [0.5, 0.6) is 0 Å². The van der Waals surface area contributed by atoms with Crippen molar-refractivity contribution in [2.75, 3.05) is 13.1 Å². The summed E-state index contributed by atoms with van der Waals surface area (Å²) < 4.78 is 2.29. The van der Waals surface area contributed by atoms with E-state index in [0.29, 0.717) is 0 Å². The van der Waals surface area contributed by atoms with Gasteiger partial charge in [0.05, 0.1) is 6.54 Å². The zero-order valence-electron chi connectivity index (χ0n) is 13.5. The second-order valence-electron chi connectivity index (χ2n) is 6.31.